The first-order chi connectivity index (χ1) is 7.40. The topological polar surface area (TPSA) is 15.3 Å². The van der Waals surface area contributed by atoms with Crippen molar-refractivity contribution in [3.05, 3.63) is 0 Å². The van der Waals surface area contributed by atoms with Crippen LogP contribution in [0.15, 0.2) is 0 Å². The van der Waals surface area contributed by atoms with E-state index in [1.54, 1.807) is 0 Å². The molecule has 1 unspecified atom stereocenters. The van der Waals surface area contributed by atoms with E-state index in [1.165, 1.54) is 64.6 Å². The highest BCUT2D eigenvalue weighted by Gasteiger charge is 2.24. The van der Waals surface area contributed by atoms with Gasteiger partial charge in [0.15, 0.2) is 0 Å². The minimum Gasteiger partial charge on any atom is -0.318 e. The van der Waals surface area contributed by atoms with Crippen molar-refractivity contribution in [1.82, 2.24) is 10.2 Å². The third-order valence-electron chi connectivity index (χ3n) is 4.24. The average Bonchev–Trinajstić information content (AvgIpc) is 2.85. The van der Waals surface area contributed by atoms with Gasteiger partial charge in [0.2, 0.25) is 0 Å². The lowest BCUT2D eigenvalue weighted by atomic mass is 10.0. The van der Waals surface area contributed by atoms with Crippen LogP contribution in [0.5, 0.6) is 0 Å². The summed E-state index contributed by atoms with van der Waals surface area (Å²) < 4.78 is 0. The summed E-state index contributed by atoms with van der Waals surface area (Å²) >= 11 is 0. The summed E-state index contributed by atoms with van der Waals surface area (Å²) in [6.07, 6.45) is 10.3. The molecule has 0 aromatic rings. The molecule has 1 heterocycles. The van der Waals surface area contributed by atoms with Crippen molar-refractivity contribution in [2.45, 2.75) is 51.0 Å². The van der Waals surface area contributed by atoms with Gasteiger partial charge in [0.05, 0.1) is 0 Å². The molecule has 2 aliphatic rings. The van der Waals surface area contributed by atoms with Gasteiger partial charge in [-0.15, -0.1) is 12.4 Å². The lowest BCUT2D eigenvalue weighted by molar-refractivity contribution is 0.232. The Kier molecular flexibility index (Phi) is 6.71. The second-order valence-corrected chi connectivity index (χ2v) is 5.33. The van der Waals surface area contributed by atoms with Crippen LogP contribution in [0.4, 0.5) is 0 Å². The molecule has 1 aliphatic carbocycles. The summed E-state index contributed by atoms with van der Waals surface area (Å²) in [5, 5.41) is 3.33. The summed E-state index contributed by atoms with van der Waals surface area (Å²) in [7, 11) is 2.08. The largest absolute Gasteiger partial charge is 0.318 e. The predicted octanol–water partition coefficient (Wildman–Crippen LogP) is 2.67. The Balaban J connectivity index is 0.00000128. The number of nitrogens with one attached hydrogen (secondary N) is 1. The Morgan fingerprint density at radius 3 is 2.56 bits per heavy atom. The summed E-state index contributed by atoms with van der Waals surface area (Å²) in [5.41, 5.74) is 0. The van der Waals surface area contributed by atoms with E-state index in [2.05, 4.69) is 17.3 Å². The summed E-state index contributed by atoms with van der Waals surface area (Å²) in [5.74, 6) is 1.06. The quantitative estimate of drug-likeness (QED) is 0.803. The molecular weight excluding hydrogens is 220 g/mol. The molecule has 2 fully saturated rings. The van der Waals surface area contributed by atoms with Gasteiger partial charge < -0.3 is 5.32 Å². The van der Waals surface area contributed by atoms with E-state index in [9.17, 15) is 0 Å². The molecule has 96 valence electrons. The van der Waals surface area contributed by atoms with Gasteiger partial charge in [0.25, 0.3) is 0 Å². The highest BCUT2D eigenvalue weighted by molar-refractivity contribution is 5.85. The van der Waals surface area contributed by atoms with Gasteiger partial charge in [-0.3, -0.25) is 4.90 Å². The van der Waals surface area contributed by atoms with Crippen LogP contribution < -0.4 is 5.32 Å². The molecule has 2 rings (SSSR count). The summed E-state index contributed by atoms with van der Waals surface area (Å²) in [4.78, 5) is 2.72. The Morgan fingerprint density at radius 2 is 1.88 bits per heavy atom. The van der Waals surface area contributed by atoms with E-state index in [0.29, 0.717) is 0 Å². The minimum atomic E-state index is 0. The highest BCUT2D eigenvalue weighted by Crippen LogP contribution is 2.28. The number of nitrogens with zero attached hydrogens (tertiary/aromatic N) is 1. The van der Waals surface area contributed by atoms with E-state index in [1.807, 2.05) is 0 Å². The van der Waals surface area contributed by atoms with Crippen LogP contribution in [-0.2, 0) is 0 Å². The molecule has 0 aromatic heterocycles. The molecule has 0 aromatic carbocycles. The molecule has 1 saturated carbocycles. The number of hydrogen-bond donors (Lipinski definition) is 1. The van der Waals surface area contributed by atoms with Gasteiger partial charge in [0, 0.05) is 12.6 Å². The highest BCUT2D eigenvalue weighted by atomic mass is 35.5. The van der Waals surface area contributed by atoms with Crippen molar-refractivity contribution >= 4 is 12.4 Å². The SMILES string of the molecule is CNCC1CCCN1CCC1CCCC1.Cl. The Bertz CT molecular complexity index is 181. The van der Waals surface area contributed by atoms with Crippen LogP contribution in [0.1, 0.15) is 44.9 Å². The second kappa shape index (κ2) is 7.52. The number of hydrogen-bond acceptors (Lipinski definition) is 2. The van der Waals surface area contributed by atoms with Gasteiger partial charge in [-0.05, 0) is 45.3 Å². The van der Waals surface area contributed by atoms with E-state index in [-0.39, 0.29) is 12.4 Å². The molecule has 3 heteroatoms. The van der Waals surface area contributed by atoms with Gasteiger partial charge in [0.1, 0.15) is 0 Å². The normalized spacial score (nSPS) is 27.2. The standard InChI is InChI=1S/C13H26N2.ClH/c1-14-11-13-7-4-9-15(13)10-8-12-5-2-3-6-12;/h12-14H,2-11H2,1H3;1H. The predicted molar refractivity (Wildman–Crippen MR) is 72.3 cm³/mol. The molecule has 0 bridgehead atoms. The number of likely N-dealkylation sites (tertiary alicyclic amines) is 1. The molecule has 16 heavy (non-hydrogen) atoms. The lowest BCUT2D eigenvalue weighted by Gasteiger charge is -2.25. The zero-order chi connectivity index (χ0) is 10.5. The van der Waals surface area contributed by atoms with E-state index in [4.69, 9.17) is 0 Å². The first kappa shape index (κ1) is 14.3. The molecule has 2 nitrogen and oxygen atoms in total. The zero-order valence-electron chi connectivity index (χ0n) is 10.6. The van der Waals surface area contributed by atoms with Gasteiger partial charge in [-0.25, -0.2) is 0 Å². The van der Waals surface area contributed by atoms with Gasteiger partial charge in [-0.2, -0.15) is 0 Å². The lowest BCUT2D eigenvalue weighted by Crippen LogP contribution is -2.37. The molecule has 0 radical (unpaired) electrons. The van der Waals surface area contributed by atoms with Crippen molar-refractivity contribution in [2.75, 3.05) is 26.7 Å². The van der Waals surface area contributed by atoms with E-state index in [0.717, 1.165) is 12.0 Å². The molecule has 1 aliphatic heterocycles. The van der Waals surface area contributed by atoms with E-state index < -0.39 is 0 Å². The van der Waals surface area contributed by atoms with Crippen LogP contribution in [-0.4, -0.2) is 37.6 Å². The Morgan fingerprint density at radius 1 is 1.12 bits per heavy atom. The monoisotopic (exact) mass is 246 g/mol. The number of halogens is 1. The fourth-order valence-corrected chi connectivity index (χ4v) is 3.30. The first-order valence-corrected chi connectivity index (χ1v) is 6.79. The average molecular weight is 247 g/mol. The second-order valence-electron chi connectivity index (χ2n) is 5.33. The Hall–Kier alpha value is 0.210. The fraction of sp³-hybridized carbons (Fsp3) is 1.00. The van der Waals surface area contributed by atoms with Crippen molar-refractivity contribution in [3.8, 4) is 0 Å². The third kappa shape index (κ3) is 3.90. The van der Waals surface area contributed by atoms with Crippen LogP contribution in [0.25, 0.3) is 0 Å². The number of rotatable bonds is 5. The van der Waals surface area contributed by atoms with Crippen LogP contribution in [0.3, 0.4) is 0 Å². The summed E-state index contributed by atoms with van der Waals surface area (Å²) in [6.45, 7) is 3.89. The van der Waals surface area contributed by atoms with Crippen LogP contribution in [0, 0.1) is 5.92 Å². The molecule has 0 spiro atoms. The molecule has 1 atom stereocenters. The molecule has 0 amide bonds. The first-order valence-electron chi connectivity index (χ1n) is 6.79. The maximum absolute atomic E-state index is 3.33. The Labute approximate surface area is 107 Å². The summed E-state index contributed by atoms with van der Waals surface area (Å²) in [6, 6.07) is 0.830. The van der Waals surface area contributed by atoms with Crippen LogP contribution in [0.2, 0.25) is 0 Å². The molecule has 1 N–H and O–H groups in total. The number of likely N-dealkylation sites (N-methyl/N-ethyl adjacent to an activating group) is 1. The molecule has 1 saturated heterocycles. The maximum atomic E-state index is 3.33. The third-order valence-corrected chi connectivity index (χ3v) is 4.24. The van der Waals surface area contributed by atoms with Crippen molar-refractivity contribution < 1.29 is 0 Å². The minimum absolute atomic E-state index is 0. The van der Waals surface area contributed by atoms with Gasteiger partial charge >= 0.3 is 0 Å². The fourth-order valence-electron chi connectivity index (χ4n) is 3.30. The maximum Gasteiger partial charge on any atom is 0.0220 e. The van der Waals surface area contributed by atoms with Gasteiger partial charge in [-0.1, -0.05) is 25.7 Å². The van der Waals surface area contributed by atoms with Crippen LogP contribution >= 0.6 is 12.4 Å². The molecular formula is C13H27ClN2. The van der Waals surface area contributed by atoms with Crippen molar-refractivity contribution in [1.29, 1.82) is 0 Å². The smallest absolute Gasteiger partial charge is 0.0220 e. The van der Waals surface area contributed by atoms with Crippen molar-refractivity contribution in [3.63, 3.8) is 0 Å². The van der Waals surface area contributed by atoms with E-state index >= 15 is 0 Å². The van der Waals surface area contributed by atoms with Crippen molar-refractivity contribution in [2.24, 2.45) is 5.92 Å². The zero-order valence-corrected chi connectivity index (χ0v) is 11.4.